The highest BCUT2D eigenvalue weighted by atomic mass is 32.1. The maximum absolute atomic E-state index is 10.9. The molecule has 3 nitrogen and oxygen atoms in total. The van der Waals surface area contributed by atoms with Crippen molar-refractivity contribution in [1.82, 2.24) is 4.98 Å². The van der Waals surface area contributed by atoms with Crippen molar-refractivity contribution in [2.75, 3.05) is 0 Å². The summed E-state index contributed by atoms with van der Waals surface area (Å²) in [4.78, 5) is 4.09. The van der Waals surface area contributed by atoms with Gasteiger partial charge in [-0.05, 0) is 6.07 Å². The quantitative estimate of drug-likeness (QED) is 0.489. The van der Waals surface area contributed by atoms with Crippen LogP contribution in [0.2, 0.25) is 0 Å². The molecule has 0 unspecified atom stereocenters. The lowest BCUT2D eigenvalue weighted by molar-refractivity contribution is -0.604. The van der Waals surface area contributed by atoms with E-state index in [1.165, 1.54) is 23.7 Å². The van der Waals surface area contributed by atoms with E-state index < -0.39 is 0 Å². The molecule has 0 atom stereocenters. The Bertz CT molecular complexity index is 372. The fourth-order valence-electron chi connectivity index (χ4n) is 0.947. The van der Waals surface area contributed by atoms with Crippen LogP contribution in [0.15, 0.2) is 36.1 Å². The predicted molar refractivity (Wildman–Crippen MR) is 46.5 cm³/mol. The van der Waals surface area contributed by atoms with Gasteiger partial charge in [-0.2, -0.15) is 4.73 Å². The van der Waals surface area contributed by atoms with Crippen molar-refractivity contribution in [2.45, 2.75) is 0 Å². The molecule has 0 saturated heterocycles. The van der Waals surface area contributed by atoms with E-state index in [1.807, 2.05) is 11.4 Å². The summed E-state index contributed by atoms with van der Waals surface area (Å²) in [6.45, 7) is 0. The first kappa shape index (κ1) is 7.24. The van der Waals surface area contributed by atoms with Gasteiger partial charge in [0.25, 0.3) is 0 Å². The highest BCUT2D eigenvalue weighted by Gasteiger charge is 2.02. The van der Waals surface area contributed by atoms with Crippen molar-refractivity contribution < 1.29 is 4.73 Å². The Hall–Kier alpha value is -1.42. The Labute approximate surface area is 73.5 Å². The summed E-state index contributed by atoms with van der Waals surface area (Å²) in [5.41, 5.74) is 0.863. The lowest BCUT2D eigenvalue weighted by Gasteiger charge is -1.96. The van der Waals surface area contributed by atoms with Gasteiger partial charge in [0.15, 0.2) is 12.4 Å². The molecule has 0 bridgehead atoms. The van der Waals surface area contributed by atoms with Crippen molar-refractivity contribution in [3.05, 3.63) is 41.3 Å². The van der Waals surface area contributed by atoms with Gasteiger partial charge in [0.1, 0.15) is 5.01 Å². The normalized spacial score (nSPS) is 10.0. The number of hydrogen-bond donors (Lipinski definition) is 0. The summed E-state index contributed by atoms with van der Waals surface area (Å²) in [5, 5.41) is 13.6. The smallest absolute Gasteiger partial charge is 0.190 e. The number of hydrogen-bond acceptors (Lipinski definition) is 3. The zero-order chi connectivity index (χ0) is 8.39. The lowest BCUT2D eigenvalue weighted by Crippen LogP contribution is -2.23. The molecule has 0 N–H and O–H groups in total. The van der Waals surface area contributed by atoms with Crippen LogP contribution in [0.1, 0.15) is 0 Å². The molecule has 0 fully saturated rings. The molecule has 0 aliphatic rings. The Morgan fingerprint density at radius 1 is 1.50 bits per heavy atom. The second-order valence-electron chi connectivity index (χ2n) is 2.29. The average molecular weight is 178 g/mol. The van der Waals surface area contributed by atoms with E-state index in [-0.39, 0.29) is 0 Å². The topological polar surface area (TPSA) is 39.8 Å². The molecule has 0 amide bonds. The van der Waals surface area contributed by atoms with Crippen molar-refractivity contribution in [3.8, 4) is 10.6 Å². The van der Waals surface area contributed by atoms with Crippen LogP contribution in [0, 0.1) is 5.21 Å². The summed E-state index contributed by atoms with van der Waals surface area (Å²) in [7, 11) is 0. The first-order valence-electron chi connectivity index (χ1n) is 3.45. The maximum atomic E-state index is 10.9. The van der Waals surface area contributed by atoms with Gasteiger partial charge < -0.3 is 5.21 Å². The van der Waals surface area contributed by atoms with Gasteiger partial charge in [0.05, 0.1) is 5.56 Å². The highest BCUT2D eigenvalue weighted by Crippen LogP contribution is 2.18. The van der Waals surface area contributed by atoms with E-state index in [2.05, 4.69) is 4.98 Å². The third-order valence-electron chi connectivity index (χ3n) is 1.45. The van der Waals surface area contributed by atoms with Gasteiger partial charge in [0, 0.05) is 17.6 Å². The van der Waals surface area contributed by atoms with E-state index in [0.717, 1.165) is 15.3 Å². The summed E-state index contributed by atoms with van der Waals surface area (Å²) in [6, 6.07) is 3.58. The van der Waals surface area contributed by atoms with Gasteiger partial charge in [-0.25, -0.2) is 4.98 Å². The van der Waals surface area contributed by atoms with Gasteiger partial charge in [-0.3, -0.25) is 0 Å². The van der Waals surface area contributed by atoms with Crippen LogP contribution < -0.4 is 4.73 Å². The SMILES string of the molecule is [O-][n+]1cccc(-c2nccs2)c1. The first-order chi connectivity index (χ1) is 5.86. The minimum Gasteiger partial charge on any atom is -0.619 e. The number of thiazole rings is 1. The Balaban J connectivity index is 2.48. The Kier molecular flexibility index (Phi) is 1.75. The number of rotatable bonds is 1. The molecule has 0 aliphatic carbocycles. The second kappa shape index (κ2) is 2.91. The van der Waals surface area contributed by atoms with E-state index >= 15 is 0 Å². The zero-order valence-corrected chi connectivity index (χ0v) is 6.99. The predicted octanol–water partition coefficient (Wildman–Crippen LogP) is 1.44. The first-order valence-corrected chi connectivity index (χ1v) is 4.33. The highest BCUT2D eigenvalue weighted by molar-refractivity contribution is 7.13. The summed E-state index contributed by atoms with van der Waals surface area (Å²) in [6.07, 6.45) is 4.69. The van der Waals surface area contributed by atoms with Crippen LogP contribution in [0.3, 0.4) is 0 Å². The number of pyridine rings is 1. The van der Waals surface area contributed by atoms with Gasteiger partial charge in [-0.15, -0.1) is 11.3 Å². The molecule has 0 spiro atoms. The number of aromatic nitrogens is 2. The molecule has 2 aromatic heterocycles. The van der Waals surface area contributed by atoms with Crippen molar-refractivity contribution >= 4 is 11.3 Å². The Morgan fingerprint density at radius 2 is 2.42 bits per heavy atom. The second-order valence-corrected chi connectivity index (χ2v) is 3.18. The van der Waals surface area contributed by atoms with Crippen LogP contribution in [0.25, 0.3) is 10.6 Å². The minimum absolute atomic E-state index is 0.775. The molecule has 2 heterocycles. The van der Waals surface area contributed by atoms with Crippen molar-refractivity contribution in [3.63, 3.8) is 0 Å². The van der Waals surface area contributed by atoms with Crippen LogP contribution in [-0.2, 0) is 0 Å². The summed E-state index contributed by atoms with van der Waals surface area (Å²) < 4.78 is 0.775. The zero-order valence-electron chi connectivity index (χ0n) is 6.18. The third-order valence-corrected chi connectivity index (χ3v) is 2.28. The van der Waals surface area contributed by atoms with Gasteiger partial charge in [0.2, 0.25) is 0 Å². The van der Waals surface area contributed by atoms with Crippen LogP contribution in [0.4, 0.5) is 0 Å². The third kappa shape index (κ3) is 1.29. The Morgan fingerprint density at radius 3 is 3.08 bits per heavy atom. The van der Waals surface area contributed by atoms with Crippen molar-refractivity contribution in [2.24, 2.45) is 0 Å². The number of nitrogens with zero attached hydrogens (tertiary/aromatic N) is 2. The van der Waals surface area contributed by atoms with E-state index in [0.29, 0.717) is 0 Å². The fraction of sp³-hybridized carbons (Fsp3) is 0. The molecular weight excluding hydrogens is 172 g/mol. The molecule has 0 aromatic carbocycles. The van der Waals surface area contributed by atoms with Crippen LogP contribution in [-0.4, -0.2) is 4.98 Å². The molecule has 0 saturated carbocycles. The summed E-state index contributed by atoms with van der Waals surface area (Å²) in [5.74, 6) is 0. The van der Waals surface area contributed by atoms with Crippen molar-refractivity contribution in [1.29, 1.82) is 0 Å². The molecule has 60 valence electrons. The lowest BCUT2D eigenvalue weighted by atomic mass is 10.3. The molecule has 0 aliphatic heterocycles. The molecule has 2 aromatic rings. The summed E-state index contributed by atoms with van der Waals surface area (Å²) >= 11 is 1.52. The maximum Gasteiger partial charge on any atom is 0.190 e. The standard InChI is InChI=1S/C8H6N2OS/c11-10-4-1-2-7(6-10)8-9-3-5-12-8/h1-6H. The largest absolute Gasteiger partial charge is 0.619 e. The molecular formula is C8H6N2OS. The monoisotopic (exact) mass is 178 g/mol. The van der Waals surface area contributed by atoms with Gasteiger partial charge >= 0.3 is 0 Å². The van der Waals surface area contributed by atoms with E-state index in [1.54, 1.807) is 12.3 Å². The van der Waals surface area contributed by atoms with Crippen LogP contribution in [0.5, 0.6) is 0 Å². The minimum atomic E-state index is 0.775. The molecule has 4 heteroatoms. The van der Waals surface area contributed by atoms with Crippen LogP contribution >= 0.6 is 11.3 Å². The molecule has 12 heavy (non-hydrogen) atoms. The molecule has 0 radical (unpaired) electrons. The molecule has 2 rings (SSSR count). The van der Waals surface area contributed by atoms with E-state index in [4.69, 9.17) is 0 Å². The van der Waals surface area contributed by atoms with Gasteiger partial charge in [-0.1, -0.05) is 0 Å². The van der Waals surface area contributed by atoms with E-state index in [9.17, 15) is 5.21 Å². The fourth-order valence-corrected chi connectivity index (χ4v) is 1.58. The average Bonchev–Trinajstić information content (AvgIpc) is 2.56.